The summed E-state index contributed by atoms with van der Waals surface area (Å²) in [5.74, 6) is -0.345. The van der Waals surface area contributed by atoms with Crippen molar-refractivity contribution in [3.05, 3.63) is 94.5 Å². The molecule has 0 aliphatic heterocycles. The van der Waals surface area contributed by atoms with Crippen LogP contribution in [-0.2, 0) is 27.7 Å². The molecule has 3 aromatic carbocycles. The lowest BCUT2D eigenvalue weighted by Gasteiger charge is -2.26. The van der Waals surface area contributed by atoms with E-state index in [2.05, 4.69) is 23.5 Å². The van der Waals surface area contributed by atoms with E-state index in [1.807, 2.05) is 32.9 Å². The normalized spacial score (nSPS) is 13.9. The Balaban J connectivity index is 1.60. The van der Waals surface area contributed by atoms with Gasteiger partial charge in [-0.05, 0) is 80.5 Å². The summed E-state index contributed by atoms with van der Waals surface area (Å²) in [6.07, 6.45) is 3.35. The summed E-state index contributed by atoms with van der Waals surface area (Å²) in [5, 5.41) is 3.00. The first kappa shape index (κ1) is 23.1. The number of carbonyl (C=O) groups is 1. The third-order valence-electron chi connectivity index (χ3n) is 6.24. The lowest BCUT2D eigenvalue weighted by molar-refractivity contribution is -0.120. The molecule has 0 heterocycles. The van der Waals surface area contributed by atoms with Gasteiger partial charge in [0.25, 0.3) is 10.0 Å². The smallest absolute Gasteiger partial charge is 0.264 e. The molecule has 0 unspecified atom stereocenters. The van der Waals surface area contributed by atoms with Crippen LogP contribution in [0.15, 0.2) is 71.6 Å². The number of nitrogens with zero attached hydrogens (tertiary/aromatic N) is 1. The van der Waals surface area contributed by atoms with Gasteiger partial charge in [-0.15, -0.1) is 0 Å². The molecule has 0 aromatic heterocycles. The fourth-order valence-electron chi connectivity index (χ4n) is 4.47. The van der Waals surface area contributed by atoms with Crippen molar-refractivity contribution in [2.75, 3.05) is 10.8 Å². The Morgan fingerprint density at radius 1 is 0.970 bits per heavy atom. The molecule has 6 heteroatoms. The van der Waals surface area contributed by atoms with Crippen LogP contribution in [-0.4, -0.2) is 20.9 Å². The molecule has 5 nitrogen and oxygen atoms in total. The fourth-order valence-corrected chi connectivity index (χ4v) is 5.97. The largest absolute Gasteiger partial charge is 0.348 e. The minimum atomic E-state index is -3.92. The van der Waals surface area contributed by atoms with E-state index in [1.54, 1.807) is 36.4 Å². The van der Waals surface area contributed by atoms with Crippen molar-refractivity contribution in [2.24, 2.45) is 0 Å². The minimum absolute atomic E-state index is 0.157. The van der Waals surface area contributed by atoms with E-state index < -0.39 is 10.0 Å². The topological polar surface area (TPSA) is 66.5 Å². The molecule has 1 amide bonds. The van der Waals surface area contributed by atoms with Crippen LogP contribution in [0.5, 0.6) is 0 Å². The number of anilines is 1. The number of benzene rings is 3. The molecule has 1 atom stereocenters. The number of hydrogen-bond acceptors (Lipinski definition) is 3. The molecule has 33 heavy (non-hydrogen) atoms. The van der Waals surface area contributed by atoms with E-state index in [1.165, 1.54) is 21.9 Å². The maximum atomic E-state index is 13.5. The van der Waals surface area contributed by atoms with Gasteiger partial charge in [-0.25, -0.2) is 8.42 Å². The molecule has 1 aliphatic rings. The second kappa shape index (κ2) is 9.40. The zero-order valence-electron chi connectivity index (χ0n) is 19.3. The molecule has 0 bridgehead atoms. The van der Waals surface area contributed by atoms with Crippen LogP contribution in [0.25, 0.3) is 0 Å². The Morgan fingerprint density at radius 2 is 1.70 bits per heavy atom. The van der Waals surface area contributed by atoms with Gasteiger partial charge in [-0.2, -0.15) is 0 Å². The van der Waals surface area contributed by atoms with Gasteiger partial charge in [0.2, 0.25) is 5.91 Å². The Kier molecular flexibility index (Phi) is 6.56. The van der Waals surface area contributed by atoms with Crippen molar-refractivity contribution in [2.45, 2.75) is 51.0 Å². The van der Waals surface area contributed by atoms with Crippen LogP contribution < -0.4 is 9.62 Å². The van der Waals surface area contributed by atoms with Crippen molar-refractivity contribution in [1.82, 2.24) is 5.32 Å². The lowest BCUT2D eigenvalue weighted by atomic mass is 10.0. The van der Waals surface area contributed by atoms with Gasteiger partial charge in [0.15, 0.2) is 0 Å². The zero-order chi connectivity index (χ0) is 23.6. The van der Waals surface area contributed by atoms with Gasteiger partial charge in [-0.3, -0.25) is 9.10 Å². The molecule has 172 valence electrons. The SMILES string of the molecule is Cc1ccc(N(CC(=O)N[C@@H](C)c2ccc3c(c2)CCC3)S(=O)(=O)c2ccccc2)c(C)c1. The van der Waals surface area contributed by atoms with Crippen LogP contribution in [0.2, 0.25) is 0 Å². The molecule has 0 radical (unpaired) electrons. The second-order valence-corrected chi connectivity index (χ2v) is 10.6. The Bertz CT molecular complexity index is 1270. The molecule has 0 spiro atoms. The van der Waals surface area contributed by atoms with Gasteiger partial charge >= 0.3 is 0 Å². The number of fused-ring (bicyclic) bond motifs is 1. The number of amides is 1. The van der Waals surface area contributed by atoms with Crippen LogP contribution in [0.1, 0.15) is 47.2 Å². The predicted octanol–water partition coefficient (Wildman–Crippen LogP) is 4.86. The average molecular weight is 463 g/mol. The summed E-state index contributed by atoms with van der Waals surface area (Å²) in [7, 11) is -3.92. The molecular formula is C27H30N2O3S. The van der Waals surface area contributed by atoms with Crippen molar-refractivity contribution in [1.29, 1.82) is 0 Å². The van der Waals surface area contributed by atoms with E-state index in [0.717, 1.165) is 29.5 Å². The summed E-state index contributed by atoms with van der Waals surface area (Å²) >= 11 is 0. The van der Waals surface area contributed by atoms with E-state index >= 15 is 0 Å². The third kappa shape index (κ3) is 4.96. The van der Waals surface area contributed by atoms with Gasteiger partial charge < -0.3 is 5.32 Å². The highest BCUT2D eigenvalue weighted by Gasteiger charge is 2.28. The van der Waals surface area contributed by atoms with Crippen LogP contribution in [0.3, 0.4) is 0 Å². The summed E-state index contributed by atoms with van der Waals surface area (Å²) in [4.78, 5) is 13.2. The van der Waals surface area contributed by atoms with Crippen molar-refractivity contribution in [3.8, 4) is 0 Å². The van der Waals surface area contributed by atoms with Crippen molar-refractivity contribution < 1.29 is 13.2 Å². The highest BCUT2D eigenvalue weighted by Crippen LogP contribution is 2.28. The molecule has 0 fully saturated rings. The molecule has 4 rings (SSSR count). The first-order valence-corrected chi connectivity index (χ1v) is 12.8. The molecule has 1 aliphatic carbocycles. The Hall–Kier alpha value is -3.12. The van der Waals surface area contributed by atoms with Crippen LogP contribution in [0.4, 0.5) is 5.69 Å². The number of sulfonamides is 1. The standard InChI is InChI=1S/C27H30N2O3S/c1-19-12-15-26(20(2)16-19)29(33(31,32)25-10-5-4-6-11-25)18-27(30)28-21(3)23-14-13-22-8-7-9-24(22)17-23/h4-6,10-17,21H,7-9,18H2,1-3H3,(H,28,30)/t21-/m0/s1. The van der Waals surface area contributed by atoms with Crippen molar-refractivity contribution in [3.63, 3.8) is 0 Å². The van der Waals surface area contributed by atoms with Gasteiger partial charge in [-0.1, -0.05) is 54.1 Å². The molecular weight excluding hydrogens is 432 g/mol. The molecule has 1 N–H and O–H groups in total. The maximum absolute atomic E-state index is 13.5. The molecule has 0 saturated carbocycles. The van der Waals surface area contributed by atoms with Gasteiger partial charge in [0.05, 0.1) is 16.6 Å². The quantitative estimate of drug-likeness (QED) is 0.545. The summed E-state index contributed by atoms with van der Waals surface area (Å²) in [5.41, 5.74) is 6.10. The summed E-state index contributed by atoms with van der Waals surface area (Å²) in [6.45, 7) is 5.46. The summed E-state index contributed by atoms with van der Waals surface area (Å²) in [6, 6.07) is 19.9. The fraction of sp³-hybridized carbons (Fsp3) is 0.296. The Morgan fingerprint density at radius 3 is 2.42 bits per heavy atom. The number of hydrogen-bond donors (Lipinski definition) is 1. The highest BCUT2D eigenvalue weighted by molar-refractivity contribution is 7.92. The first-order valence-electron chi connectivity index (χ1n) is 11.3. The average Bonchev–Trinajstić information content (AvgIpc) is 3.26. The predicted molar refractivity (Wildman–Crippen MR) is 132 cm³/mol. The van der Waals surface area contributed by atoms with Gasteiger partial charge in [0, 0.05) is 0 Å². The number of rotatable bonds is 7. The van der Waals surface area contributed by atoms with Gasteiger partial charge in [0.1, 0.15) is 6.54 Å². The third-order valence-corrected chi connectivity index (χ3v) is 8.01. The first-order chi connectivity index (χ1) is 15.8. The van der Waals surface area contributed by atoms with E-state index in [4.69, 9.17) is 0 Å². The van der Waals surface area contributed by atoms with Crippen molar-refractivity contribution >= 4 is 21.6 Å². The molecule has 0 saturated heterocycles. The number of nitrogens with one attached hydrogen (secondary N) is 1. The Labute approximate surface area is 196 Å². The summed E-state index contributed by atoms with van der Waals surface area (Å²) < 4.78 is 28.3. The highest BCUT2D eigenvalue weighted by atomic mass is 32.2. The van der Waals surface area contributed by atoms with Crippen LogP contribution in [0, 0.1) is 13.8 Å². The minimum Gasteiger partial charge on any atom is -0.348 e. The molecule has 3 aromatic rings. The van der Waals surface area contributed by atoms with Crippen LogP contribution >= 0.6 is 0 Å². The number of carbonyl (C=O) groups excluding carboxylic acids is 1. The number of aryl methyl sites for hydroxylation is 4. The maximum Gasteiger partial charge on any atom is 0.264 e. The van der Waals surface area contributed by atoms with E-state index in [-0.39, 0.29) is 23.4 Å². The second-order valence-electron chi connectivity index (χ2n) is 8.79. The van der Waals surface area contributed by atoms with E-state index in [9.17, 15) is 13.2 Å². The zero-order valence-corrected chi connectivity index (χ0v) is 20.2. The monoisotopic (exact) mass is 462 g/mol. The lowest BCUT2D eigenvalue weighted by Crippen LogP contribution is -2.42. The van der Waals surface area contributed by atoms with E-state index in [0.29, 0.717) is 5.69 Å².